The fourth-order valence-corrected chi connectivity index (χ4v) is 3.68. The maximum Gasteiger partial charge on any atom is 0.195 e. The minimum atomic E-state index is -0.0823. The van der Waals surface area contributed by atoms with Gasteiger partial charge in [-0.3, -0.25) is 4.79 Å². The van der Waals surface area contributed by atoms with Crippen LogP contribution >= 0.6 is 22.9 Å². The normalized spacial score (nSPS) is 10.9. The zero-order valence-corrected chi connectivity index (χ0v) is 17.8. The molecule has 0 aliphatic heterocycles. The molecule has 0 radical (unpaired) electrons. The molecule has 1 heterocycles. The Bertz CT molecular complexity index is 1010. The van der Waals surface area contributed by atoms with E-state index in [2.05, 4.69) is 0 Å². The van der Waals surface area contributed by atoms with Gasteiger partial charge in [-0.2, -0.15) is 0 Å². The Kier molecular flexibility index (Phi) is 7.33. The summed E-state index contributed by atoms with van der Waals surface area (Å²) in [5.41, 5.74) is 1.74. The summed E-state index contributed by atoms with van der Waals surface area (Å²) in [6.07, 6.45) is 3.31. The maximum atomic E-state index is 12.3. The summed E-state index contributed by atoms with van der Waals surface area (Å²) in [5.74, 6) is 2.00. The number of methoxy groups -OCH3 is 1. The Labute approximate surface area is 179 Å². The Morgan fingerprint density at radius 1 is 1.03 bits per heavy atom. The zero-order valence-electron chi connectivity index (χ0n) is 16.2. The van der Waals surface area contributed by atoms with Crippen molar-refractivity contribution in [3.05, 3.63) is 81.0 Å². The van der Waals surface area contributed by atoms with Gasteiger partial charge in [0.05, 0.1) is 22.9 Å². The third kappa shape index (κ3) is 5.62. The lowest BCUT2D eigenvalue weighted by molar-refractivity contribution is 0.105. The van der Waals surface area contributed by atoms with Crippen molar-refractivity contribution in [3.8, 4) is 17.2 Å². The SMILES string of the molecule is CCOc1ccccc1OCc1cc(/C=C/C(=O)c2ccc(Cl)s2)ccc1OC. The van der Waals surface area contributed by atoms with Crippen LogP contribution in [0.25, 0.3) is 6.08 Å². The summed E-state index contributed by atoms with van der Waals surface area (Å²) < 4.78 is 17.6. The smallest absolute Gasteiger partial charge is 0.195 e. The second-order valence-electron chi connectivity index (χ2n) is 6.04. The van der Waals surface area contributed by atoms with Crippen LogP contribution in [0.3, 0.4) is 0 Å². The molecule has 3 rings (SSSR count). The van der Waals surface area contributed by atoms with Crippen LogP contribution in [0.2, 0.25) is 4.34 Å². The van der Waals surface area contributed by atoms with Crippen molar-refractivity contribution in [2.45, 2.75) is 13.5 Å². The Morgan fingerprint density at radius 2 is 1.79 bits per heavy atom. The number of hydrogen-bond donors (Lipinski definition) is 0. The van der Waals surface area contributed by atoms with Crippen molar-refractivity contribution in [3.63, 3.8) is 0 Å². The number of ketones is 1. The highest BCUT2D eigenvalue weighted by Crippen LogP contribution is 2.29. The van der Waals surface area contributed by atoms with Gasteiger partial charge in [-0.15, -0.1) is 11.3 Å². The predicted octanol–water partition coefficient (Wildman–Crippen LogP) is 6.28. The van der Waals surface area contributed by atoms with Crippen LogP contribution in [0.5, 0.6) is 17.2 Å². The molecule has 0 saturated heterocycles. The number of benzene rings is 2. The van der Waals surface area contributed by atoms with Gasteiger partial charge < -0.3 is 14.2 Å². The zero-order chi connectivity index (χ0) is 20.6. The highest BCUT2D eigenvalue weighted by molar-refractivity contribution is 7.18. The van der Waals surface area contributed by atoms with Crippen LogP contribution < -0.4 is 14.2 Å². The van der Waals surface area contributed by atoms with Gasteiger partial charge in [0.2, 0.25) is 0 Å². The Balaban J connectivity index is 1.75. The maximum absolute atomic E-state index is 12.3. The van der Waals surface area contributed by atoms with E-state index in [-0.39, 0.29) is 5.78 Å². The fourth-order valence-electron chi connectivity index (χ4n) is 2.72. The highest BCUT2D eigenvalue weighted by atomic mass is 35.5. The van der Waals surface area contributed by atoms with Crippen LogP contribution in [0.1, 0.15) is 27.7 Å². The van der Waals surface area contributed by atoms with E-state index < -0.39 is 0 Å². The molecule has 29 heavy (non-hydrogen) atoms. The van der Waals surface area contributed by atoms with Crippen molar-refractivity contribution in [2.24, 2.45) is 0 Å². The van der Waals surface area contributed by atoms with E-state index >= 15 is 0 Å². The number of allylic oxidation sites excluding steroid dienone is 1. The highest BCUT2D eigenvalue weighted by Gasteiger charge is 2.09. The lowest BCUT2D eigenvalue weighted by atomic mass is 10.1. The first-order valence-electron chi connectivity index (χ1n) is 9.10. The molecule has 0 N–H and O–H groups in total. The average Bonchev–Trinajstić information content (AvgIpc) is 3.18. The van der Waals surface area contributed by atoms with E-state index in [1.165, 1.54) is 11.3 Å². The first kappa shape index (κ1) is 21.0. The van der Waals surface area contributed by atoms with Crippen molar-refractivity contribution >= 4 is 34.8 Å². The van der Waals surface area contributed by atoms with Gasteiger partial charge in [0.15, 0.2) is 17.3 Å². The quantitative estimate of drug-likeness (QED) is 0.297. The van der Waals surface area contributed by atoms with E-state index in [9.17, 15) is 4.79 Å². The number of para-hydroxylation sites is 2. The predicted molar refractivity (Wildman–Crippen MR) is 118 cm³/mol. The average molecular weight is 429 g/mol. The summed E-state index contributed by atoms with van der Waals surface area (Å²) in [4.78, 5) is 12.9. The van der Waals surface area contributed by atoms with Crippen molar-refractivity contribution in [2.75, 3.05) is 13.7 Å². The van der Waals surface area contributed by atoms with E-state index in [1.54, 1.807) is 31.4 Å². The van der Waals surface area contributed by atoms with Crippen molar-refractivity contribution in [1.29, 1.82) is 0 Å². The minimum absolute atomic E-state index is 0.0823. The largest absolute Gasteiger partial charge is 0.496 e. The summed E-state index contributed by atoms with van der Waals surface area (Å²) in [6.45, 7) is 2.80. The van der Waals surface area contributed by atoms with Gasteiger partial charge in [0.25, 0.3) is 0 Å². The molecule has 0 aliphatic carbocycles. The summed E-state index contributed by atoms with van der Waals surface area (Å²) in [6, 6.07) is 16.7. The number of hydrogen-bond acceptors (Lipinski definition) is 5. The third-order valence-electron chi connectivity index (χ3n) is 4.08. The topological polar surface area (TPSA) is 44.8 Å². The van der Waals surface area contributed by atoms with E-state index in [0.29, 0.717) is 39.7 Å². The minimum Gasteiger partial charge on any atom is -0.496 e. The molecule has 2 aromatic carbocycles. The number of carbonyl (C=O) groups is 1. The third-order valence-corrected chi connectivity index (χ3v) is 5.33. The molecule has 0 bridgehead atoms. The van der Waals surface area contributed by atoms with Crippen LogP contribution in [-0.4, -0.2) is 19.5 Å². The van der Waals surface area contributed by atoms with Crippen molar-refractivity contribution in [1.82, 2.24) is 0 Å². The van der Waals surface area contributed by atoms with Gasteiger partial charge in [0, 0.05) is 5.56 Å². The molecule has 0 spiro atoms. The molecule has 1 aromatic heterocycles. The van der Waals surface area contributed by atoms with Crippen LogP contribution in [-0.2, 0) is 6.61 Å². The fraction of sp³-hybridized carbons (Fsp3) is 0.174. The van der Waals surface area contributed by atoms with Crippen molar-refractivity contribution < 1.29 is 19.0 Å². The number of halogens is 1. The molecule has 0 unspecified atom stereocenters. The van der Waals surface area contributed by atoms with Gasteiger partial charge in [0.1, 0.15) is 12.4 Å². The Morgan fingerprint density at radius 3 is 2.45 bits per heavy atom. The van der Waals surface area contributed by atoms with E-state index in [1.807, 2.05) is 49.4 Å². The lowest BCUT2D eigenvalue weighted by Crippen LogP contribution is -2.01. The van der Waals surface area contributed by atoms with E-state index in [4.69, 9.17) is 25.8 Å². The molecular formula is C23H21ClO4S. The standard InChI is InChI=1S/C23H21ClO4S/c1-3-27-20-6-4-5-7-21(20)28-15-17-14-16(9-11-19(17)26-2)8-10-18(25)22-12-13-23(24)29-22/h4-14H,3,15H2,1-2H3/b10-8+. The van der Waals surface area contributed by atoms with Crippen LogP contribution in [0, 0.1) is 0 Å². The second-order valence-corrected chi connectivity index (χ2v) is 7.76. The molecule has 0 saturated carbocycles. The molecule has 0 aliphatic rings. The molecule has 150 valence electrons. The number of ether oxygens (including phenoxy) is 3. The summed E-state index contributed by atoms with van der Waals surface area (Å²) in [5, 5.41) is 0. The van der Waals surface area contributed by atoms with Gasteiger partial charge in [-0.25, -0.2) is 0 Å². The summed E-state index contributed by atoms with van der Waals surface area (Å²) >= 11 is 7.16. The molecule has 4 nitrogen and oxygen atoms in total. The molecule has 0 atom stereocenters. The second kappa shape index (κ2) is 10.1. The number of thiophene rings is 1. The van der Waals surface area contributed by atoms with Gasteiger partial charge >= 0.3 is 0 Å². The Hall–Kier alpha value is -2.76. The molecular weight excluding hydrogens is 408 g/mol. The number of carbonyl (C=O) groups excluding carboxylic acids is 1. The van der Waals surface area contributed by atoms with E-state index in [0.717, 1.165) is 11.1 Å². The first-order chi connectivity index (χ1) is 14.1. The monoisotopic (exact) mass is 428 g/mol. The number of rotatable bonds is 9. The lowest BCUT2D eigenvalue weighted by Gasteiger charge is -2.14. The van der Waals surface area contributed by atoms with Gasteiger partial charge in [-0.1, -0.05) is 35.9 Å². The van der Waals surface area contributed by atoms with Crippen LogP contribution in [0.15, 0.2) is 60.7 Å². The first-order valence-corrected chi connectivity index (χ1v) is 10.3. The molecule has 0 amide bonds. The molecule has 6 heteroatoms. The van der Waals surface area contributed by atoms with Gasteiger partial charge in [-0.05, 0) is 55.0 Å². The molecule has 3 aromatic rings. The molecule has 0 fully saturated rings. The van der Waals surface area contributed by atoms with Crippen LogP contribution in [0.4, 0.5) is 0 Å². The summed E-state index contributed by atoms with van der Waals surface area (Å²) in [7, 11) is 1.62.